The number of halogens is 1. The Morgan fingerprint density at radius 1 is 1.47 bits per heavy atom. The van der Waals surface area contributed by atoms with Gasteiger partial charge in [0.1, 0.15) is 5.82 Å². The molecule has 1 aromatic carbocycles. The first-order valence-corrected chi connectivity index (χ1v) is 6.81. The van der Waals surface area contributed by atoms with Gasteiger partial charge in [0.15, 0.2) is 0 Å². The molecule has 0 heterocycles. The molecule has 0 saturated heterocycles. The molecule has 19 heavy (non-hydrogen) atoms. The highest BCUT2D eigenvalue weighted by Gasteiger charge is 2.30. The van der Waals surface area contributed by atoms with Crippen molar-refractivity contribution in [2.75, 3.05) is 13.2 Å². The molecule has 1 saturated carbocycles. The van der Waals surface area contributed by atoms with Crippen molar-refractivity contribution in [1.29, 1.82) is 0 Å². The van der Waals surface area contributed by atoms with E-state index in [9.17, 15) is 9.18 Å². The highest BCUT2D eigenvalue weighted by Crippen LogP contribution is 2.27. The molecule has 0 spiro atoms. The monoisotopic (exact) mass is 265 g/mol. The summed E-state index contributed by atoms with van der Waals surface area (Å²) in [6, 6.07) is 4.81. The molecule has 3 nitrogen and oxygen atoms in total. The lowest BCUT2D eigenvalue weighted by atomic mass is 9.90. The van der Waals surface area contributed by atoms with Crippen molar-refractivity contribution in [3.8, 4) is 0 Å². The molecule has 4 heteroatoms. The molecule has 1 amide bonds. The maximum atomic E-state index is 13.8. The Morgan fingerprint density at radius 2 is 2.21 bits per heavy atom. The Balaban J connectivity index is 2.19. The molecule has 1 aromatic rings. The van der Waals surface area contributed by atoms with Crippen molar-refractivity contribution >= 4 is 5.91 Å². The number of benzene rings is 1. The summed E-state index contributed by atoms with van der Waals surface area (Å²) in [5, 5.41) is 8.93. The molecule has 2 rings (SSSR count). The first-order valence-electron chi connectivity index (χ1n) is 6.81. The van der Waals surface area contributed by atoms with Gasteiger partial charge in [-0.2, -0.15) is 0 Å². The van der Waals surface area contributed by atoms with Gasteiger partial charge in [0.25, 0.3) is 5.91 Å². The highest BCUT2D eigenvalue weighted by atomic mass is 19.1. The molecule has 0 aliphatic heterocycles. The molecular weight excluding hydrogens is 245 g/mol. The summed E-state index contributed by atoms with van der Waals surface area (Å²) in [4.78, 5) is 14.2. The van der Waals surface area contributed by atoms with E-state index in [0.717, 1.165) is 24.8 Å². The fourth-order valence-corrected chi connectivity index (χ4v) is 2.35. The maximum Gasteiger partial charge on any atom is 0.257 e. The minimum Gasteiger partial charge on any atom is -0.396 e. The van der Waals surface area contributed by atoms with E-state index in [0.29, 0.717) is 13.0 Å². The van der Waals surface area contributed by atoms with Crippen molar-refractivity contribution in [1.82, 2.24) is 4.90 Å². The van der Waals surface area contributed by atoms with E-state index in [2.05, 4.69) is 0 Å². The second-order valence-corrected chi connectivity index (χ2v) is 5.14. The number of aryl methyl sites for hydroxylation is 1. The molecule has 1 fully saturated rings. The third-order valence-electron chi connectivity index (χ3n) is 3.69. The first kappa shape index (κ1) is 14.0. The molecular formula is C15H20FNO2. The fraction of sp³-hybridized carbons (Fsp3) is 0.533. The number of hydrogen-bond donors (Lipinski definition) is 1. The van der Waals surface area contributed by atoms with Gasteiger partial charge in [-0.1, -0.05) is 11.6 Å². The van der Waals surface area contributed by atoms with E-state index in [4.69, 9.17) is 5.11 Å². The number of carbonyl (C=O) groups excluding carboxylic acids is 1. The molecule has 1 N–H and O–H groups in total. The Morgan fingerprint density at radius 3 is 2.79 bits per heavy atom. The lowest BCUT2D eigenvalue weighted by Crippen LogP contribution is -2.45. The highest BCUT2D eigenvalue weighted by molar-refractivity contribution is 5.95. The molecule has 1 aliphatic rings. The van der Waals surface area contributed by atoms with Crippen LogP contribution in [0.1, 0.15) is 41.6 Å². The number of nitrogens with zero attached hydrogens (tertiary/aromatic N) is 1. The van der Waals surface area contributed by atoms with E-state index in [1.54, 1.807) is 17.0 Å². The van der Waals surface area contributed by atoms with E-state index in [-0.39, 0.29) is 24.1 Å². The van der Waals surface area contributed by atoms with Crippen LogP contribution in [0.4, 0.5) is 4.39 Å². The lowest BCUT2D eigenvalue weighted by molar-refractivity contribution is 0.0558. The van der Waals surface area contributed by atoms with Gasteiger partial charge >= 0.3 is 0 Å². The maximum absolute atomic E-state index is 13.8. The van der Waals surface area contributed by atoms with Gasteiger partial charge in [-0.3, -0.25) is 4.79 Å². The van der Waals surface area contributed by atoms with Crippen molar-refractivity contribution in [2.24, 2.45) is 0 Å². The Bertz CT molecular complexity index is 457. The third kappa shape index (κ3) is 3.13. The zero-order valence-corrected chi connectivity index (χ0v) is 11.2. The number of amides is 1. The Hall–Kier alpha value is -1.42. The van der Waals surface area contributed by atoms with Crippen LogP contribution in [0.5, 0.6) is 0 Å². The summed E-state index contributed by atoms with van der Waals surface area (Å²) in [5.74, 6) is -0.719. The van der Waals surface area contributed by atoms with Crippen LogP contribution >= 0.6 is 0 Å². The molecule has 0 bridgehead atoms. The van der Waals surface area contributed by atoms with Crippen LogP contribution < -0.4 is 0 Å². The topological polar surface area (TPSA) is 40.5 Å². The normalized spacial score (nSPS) is 15.1. The molecule has 0 aromatic heterocycles. The van der Waals surface area contributed by atoms with Crippen LogP contribution in [-0.2, 0) is 0 Å². The summed E-state index contributed by atoms with van der Waals surface area (Å²) in [6.45, 7) is 2.39. The summed E-state index contributed by atoms with van der Waals surface area (Å²) >= 11 is 0. The van der Waals surface area contributed by atoms with Gasteiger partial charge < -0.3 is 10.0 Å². The number of aliphatic hydroxyl groups excluding tert-OH is 1. The van der Waals surface area contributed by atoms with Crippen molar-refractivity contribution in [2.45, 2.75) is 38.6 Å². The van der Waals surface area contributed by atoms with Gasteiger partial charge in [-0.05, 0) is 44.7 Å². The molecule has 0 atom stereocenters. The standard InChI is InChI=1S/C15H20FNO2/c1-11-6-7-14(16)13(10-11)15(19)17(8-3-9-18)12-4-2-5-12/h6-7,10,12,18H,2-5,8-9H2,1H3. The smallest absolute Gasteiger partial charge is 0.257 e. The summed E-state index contributed by atoms with van der Waals surface area (Å²) in [5.41, 5.74) is 1.02. The number of carbonyl (C=O) groups is 1. The predicted octanol–water partition coefficient (Wildman–Crippen LogP) is 2.51. The molecule has 0 radical (unpaired) electrons. The minimum atomic E-state index is -0.469. The second-order valence-electron chi connectivity index (χ2n) is 5.14. The summed E-state index contributed by atoms with van der Waals surface area (Å²) in [6.07, 6.45) is 3.61. The van der Waals surface area contributed by atoms with E-state index in [1.165, 1.54) is 6.07 Å². The second kappa shape index (κ2) is 6.15. The van der Waals surface area contributed by atoms with Gasteiger partial charge in [-0.25, -0.2) is 4.39 Å². The molecule has 0 unspecified atom stereocenters. The average molecular weight is 265 g/mol. The van der Waals surface area contributed by atoms with Crippen molar-refractivity contribution < 1.29 is 14.3 Å². The average Bonchev–Trinajstić information content (AvgIpc) is 2.34. The van der Waals surface area contributed by atoms with Gasteiger partial charge in [0.2, 0.25) is 0 Å². The van der Waals surface area contributed by atoms with Gasteiger partial charge in [-0.15, -0.1) is 0 Å². The zero-order valence-electron chi connectivity index (χ0n) is 11.2. The van der Waals surface area contributed by atoms with Crippen LogP contribution in [0.3, 0.4) is 0 Å². The van der Waals surface area contributed by atoms with Crippen LogP contribution in [0, 0.1) is 12.7 Å². The van der Waals surface area contributed by atoms with Crippen LogP contribution in [-0.4, -0.2) is 35.1 Å². The molecule has 104 valence electrons. The quantitative estimate of drug-likeness (QED) is 0.888. The predicted molar refractivity (Wildman–Crippen MR) is 71.5 cm³/mol. The van der Waals surface area contributed by atoms with Gasteiger partial charge in [0, 0.05) is 19.2 Å². The number of hydrogen-bond acceptors (Lipinski definition) is 2. The van der Waals surface area contributed by atoms with Crippen LogP contribution in [0.2, 0.25) is 0 Å². The largest absolute Gasteiger partial charge is 0.396 e. The fourth-order valence-electron chi connectivity index (χ4n) is 2.35. The molecule has 1 aliphatic carbocycles. The minimum absolute atomic E-state index is 0.0484. The Kier molecular flexibility index (Phi) is 4.53. The van der Waals surface area contributed by atoms with Crippen molar-refractivity contribution in [3.05, 3.63) is 35.1 Å². The summed E-state index contributed by atoms with van der Waals surface area (Å²) < 4.78 is 13.8. The zero-order chi connectivity index (χ0) is 13.8. The van der Waals surface area contributed by atoms with Crippen LogP contribution in [0.25, 0.3) is 0 Å². The Labute approximate surface area is 113 Å². The number of rotatable bonds is 5. The third-order valence-corrected chi connectivity index (χ3v) is 3.69. The van der Waals surface area contributed by atoms with Crippen LogP contribution in [0.15, 0.2) is 18.2 Å². The number of aliphatic hydroxyl groups is 1. The van der Waals surface area contributed by atoms with Crippen molar-refractivity contribution in [3.63, 3.8) is 0 Å². The van der Waals surface area contributed by atoms with E-state index < -0.39 is 5.82 Å². The lowest BCUT2D eigenvalue weighted by Gasteiger charge is -2.37. The van der Waals surface area contributed by atoms with E-state index in [1.807, 2.05) is 6.92 Å². The first-order chi connectivity index (χ1) is 9.13. The SMILES string of the molecule is Cc1ccc(F)c(C(=O)N(CCCO)C2CCC2)c1. The van der Waals surface area contributed by atoms with Gasteiger partial charge in [0.05, 0.1) is 5.56 Å². The van der Waals surface area contributed by atoms with E-state index >= 15 is 0 Å². The summed E-state index contributed by atoms with van der Waals surface area (Å²) in [7, 11) is 0.